The summed E-state index contributed by atoms with van der Waals surface area (Å²) in [5, 5.41) is 10.9. The zero-order valence-electron chi connectivity index (χ0n) is 24.3. The number of benzene rings is 2. The number of aliphatic hydroxyl groups is 1. The molecule has 2 aromatic carbocycles. The molecule has 2 aromatic rings. The second kappa shape index (κ2) is 11.8. The lowest BCUT2D eigenvalue weighted by molar-refractivity contribution is -0.262. The number of piperidine rings is 1. The Labute approximate surface area is 244 Å². The van der Waals surface area contributed by atoms with Gasteiger partial charge in [0.15, 0.2) is 0 Å². The Balaban J connectivity index is 1.12. The van der Waals surface area contributed by atoms with Gasteiger partial charge < -0.3 is 24.4 Å². The van der Waals surface area contributed by atoms with Crippen LogP contribution in [0.4, 0.5) is 13.2 Å². The fourth-order valence-electron chi connectivity index (χ4n) is 6.00. The van der Waals surface area contributed by atoms with Crippen LogP contribution in [0, 0.1) is 18.8 Å². The molecule has 1 saturated heterocycles. The third-order valence-electron chi connectivity index (χ3n) is 8.70. The van der Waals surface area contributed by atoms with E-state index in [0.717, 1.165) is 60.4 Å². The summed E-state index contributed by atoms with van der Waals surface area (Å²) in [5.74, 6) is 0.333. The SMILES string of the molecule is Cc1cc(OC2CC(CC3CCN(C(=O)[C@@](O)(c4cccc(OC5CC5)c4)C(F)(F)F)CC3)C2)ccc1C(=O)N(C)C. The number of hydrogen-bond acceptors (Lipinski definition) is 5. The zero-order valence-corrected chi connectivity index (χ0v) is 24.3. The number of aryl methyl sites for hydroxylation is 1. The Hall–Kier alpha value is -3.27. The number of nitrogens with zero attached hydrogens (tertiary/aromatic N) is 2. The van der Waals surface area contributed by atoms with E-state index in [1.165, 1.54) is 12.1 Å². The van der Waals surface area contributed by atoms with Crippen molar-refractivity contribution >= 4 is 11.8 Å². The number of carbonyl (C=O) groups is 2. The molecule has 1 heterocycles. The Morgan fingerprint density at radius 2 is 1.57 bits per heavy atom. The molecule has 3 aliphatic rings. The van der Waals surface area contributed by atoms with Crippen molar-refractivity contribution in [1.82, 2.24) is 9.80 Å². The normalized spacial score (nSPS) is 22.6. The molecule has 1 aliphatic heterocycles. The zero-order chi connectivity index (χ0) is 30.2. The highest BCUT2D eigenvalue weighted by atomic mass is 19.4. The van der Waals surface area contributed by atoms with E-state index in [1.54, 1.807) is 25.1 Å². The van der Waals surface area contributed by atoms with Crippen molar-refractivity contribution < 1.29 is 37.3 Å². The van der Waals surface area contributed by atoms with E-state index < -0.39 is 23.2 Å². The lowest BCUT2D eigenvalue weighted by Gasteiger charge is -2.41. The number of carbonyl (C=O) groups excluding carboxylic acids is 2. The molecule has 0 spiro atoms. The lowest BCUT2D eigenvalue weighted by atomic mass is 9.74. The minimum Gasteiger partial charge on any atom is -0.490 e. The van der Waals surface area contributed by atoms with Gasteiger partial charge in [-0.25, -0.2) is 0 Å². The first-order valence-electron chi connectivity index (χ1n) is 14.7. The largest absolute Gasteiger partial charge is 0.490 e. The van der Waals surface area contributed by atoms with Crippen LogP contribution in [-0.4, -0.2) is 72.3 Å². The van der Waals surface area contributed by atoms with Crippen LogP contribution in [0.15, 0.2) is 42.5 Å². The number of ether oxygens (including phenoxy) is 2. The summed E-state index contributed by atoms with van der Waals surface area (Å²) >= 11 is 0. The van der Waals surface area contributed by atoms with Gasteiger partial charge in [0.1, 0.15) is 11.5 Å². The van der Waals surface area contributed by atoms with Gasteiger partial charge in [0.2, 0.25) is 0 Å². The van der Waals surface area contributed by atoms with E-state index >= 15 is 0 Å². The second-order valence-corrected chi connectivity index (χ2v) is 12.3. The molecule has 0 unspecified atom stereocenters. The molecule has 0 radical (unpaired) electrons. The highest BCUT2D eigenvalue weighted by Gasteiger charge is 2.62. The Morgan fingerprint density at radius 1 is 0.929 bits per heavy atom. The lowest BCUT2D eigenvalue weighted by Crippen LogP contribution is -2.57. The molecule has 7 nitrogen and oxygen atoms in total. The molecule has 228 valence electrons. The fraction of sp³-hybridized carbons (Fsp3) is 0.562. The summed E-state index contributed by atoms with van der Waals surface area (Å²) in [5.41, 5.74) is -2.64. The summed E-state index contributed by atoms with van der Waals surface area (Å²) in [6, 6.07) is 10.7. The summed E-state index contributed by atoms with van der Waals surface area (Å²) < 4.78 is 54.4. The van der Waals surface area contributed by atoms with Crippen LogP contribution in [0.25, 0.3) is 0 Å². The molecule has 0 aromatic heterocycles. The molecular weight excluding hydrogens is 549 g/mol. The monoisotopic (exact) mass is 588 g/mol. The third kappa shape index (κ3) is 6.38. The molecule has 42 heavy (non-hydrogen) atoms. The summed E-state index contributed by atoms with van der Waals surface area (Å²) in [6.07, 6.45) is 0.458. The average Bonchev–Trinajstić information content (AvgIpc) is 3.74. The van der Waals surface area contributed by atoms with Crippen LogP contribution < -0.4 is 9.47 Å². The standard InChI is InChI=1S/C32H39F3N2O5/c1-20-15-26(9-10-28(20)29(38)36(2)3)42-27-17-22(18-27)16-21-11-13-37(14-12-21)30(39)31(40,32(33,34)35)23-5-4-6-25(19-23)41-24-7-8-24/h4-6,9-10,15,19,21-22,24,27,40H,7-8,11-14,16-18H2,1-3H3/t22?,27?,31-/m0/s1. The molecule has 1 atom stereocenters. The van der Waals surface area contributed by atoms with E-state index in [2.05, 4.69) is 0 Å². The van der Waals surface area contributed by atoms with Crippen LogP contribution in [-0.2, 0) is 10.4 Å². The van der Waals surface area contributed by atoms with E-state index in [-0.39, 0.29) is 37.0 Å². The molecular formula is C32H39F3N2O5. The van der Waals surface area contributed by atoms with Crippen LogP contribution in [0.1, 0.15) is 66.4 Å². The van der Waals surface area contributed by atoms with Gasteiger partial charge in [-0.15, -0.1) is 0 Å². The first kappa shape index (κ1) is 30.2. The van der Waals surface area contributed by atoms with Gasteiger partial charge in [-0.05, 0) is 99.6 Å². The van der Waals surface area contributed by atoms with Gasteiger partial charge in [-0.1, -0.05) is 12.1 Å². The van der Waals surface area contributed by atoms with Gasteiger partial charge in [0.25, 0.3) is 17.4 Å². The first-order valence-corrected chi connectivity index (χ1v) is 14.7. The van der Waals surface area contributed by atoms with Crippen LogP contribution in [0.5, 0.6) is 11.5 Å². The Kier molecular flexibility index (Phi) is 8.47. The van der Waals surface area contributed by atoms with E-state index in [4.69, 9.17) is 9.47 Å². The van der Waals surface area contributed by atoms with Crippen molar-refractivity contribution in [3.63, 3.8) is 0 Å². The average molecular weight is 589 g/mol. The number of alkyl halides is 3. The number of hydrogen-bond donors (Lipinski definition) is 1. The smallest absolute Gasteiger partial charge is 0.430 e. The van der Waals surface area contributed by atoms with Gasteiger partial charge in [-0.2, -0.15) is 13.2 Å². The quantitative estimate of drug-likeness (QED) is 0.420. The van der Waals surface area contributed by atoms with Crippen LogP contribution in [0.2, 0.25) is 0 Å². The highest BCUT2D eigenvalue weighted by Crippen LogP contribution is 2.43. The summed E-state index contributed by atoms with van der Waals surface area (Å²) in [7, 11) is 3.44. The molecule has 3 fully saturated rings. The molecule has 10 heteroatoms. The maximum absolute atomic E-state index is 14.2. The van der Waals surface area contributed by atoms with Crippen molar-refractivity contribution in [3.05, 3.63) is 59.2 Å². The Bertz CT molecular complexity index is 1300. The van der Waals surface area contributed by atoms with E-state index in [1.807, 2.05) is 19.1 Å². The maximum atomic E-state index is 14.2. The van der Waals surface area contributed by atoms with Gasteiger partial charge in [0.05, 0.1) is 12.2 Å². The highest BCUT2D eigenvalue weighted by molar-refractivity contribution is 5.95. The van der Waals surface area contributed by atoms with Crippen molar-refractivity contribution in [3.8, 4) is 11.5 Å². The predicted molar refractivity (Wildman–Crippen MR) is 150 cm³/mol. The summed E-state index contributed by atoms with van der Waals surface area (Å²) in [6.45, 7) is 2.23. The van der Waals surface area contributed by atoms with E-state index in [9.17, 15) is 27.9 Å². The van der Waals surface area contributed by atoms with Gasteiger partial charge >= 0.3 is 6.18 Å². The number of halogens is 3. The van der Waals surface area contributed by atoms with Crippen molar-refractivity contribution in [1.29, 1.82) is 0 Å². The minimum absolute atomic E-state index is 0.0257. The molecule has 1 N–H and O–H groups in total. The van der Waals surface area contributed by atoms with Crippen LogP contribution >= 0.6 is 0 Å². The van der Waals surface area contributed by atoms with Crippen molar-refractivity contribution in [2.45, 2.75) is 75.9 Å². The topological polar surface area (TPSA) is 79.3 Å². The summed E-state index contributed by atoms with van der Waals surface area (Å²) in [4.78, 5) is 28.2. The second-order valence-electron chi connectivity index (χ2n) is 12.3. The molecule has 0 bridgehead atoms. The fourth-order valence-corrected chi connectivity index (χ4v) is 6.00. The number of amides is 2. The number of rotatable bonds is 9. The van der Waals surface area contributed by atoms with Gasteiger partial charge in [0, 0.05) is 38.3 Å². The molecule has 2 aliphatic carbocycles. The van der Waals surface area contributed by atoms with Crippen molar-refractivity contribution in [2.75, 3.05) is 27.2 Å². The van der Waals surface area contributed by atoms with E-state index in [0.29, 0.717) is 30.2 Å². The van der Waals surface area contributed by atoms with Gasteiger partial charge in [-0.3, -0.25) is 9.59 Å². The van der Waals surface area contributed by atoms with Crippen molar-refractivity contribution in [2.24, 2.45) is 11.8 Å². The molecule has 2 saturated carbocycles. The first-order chi connectivity index (χ1) is 19.8. The number of likely N-dealkylation sites (tertiary alicyclic amines) is 1. The Morgan fingerprint density at radius 3 is 2.17 bits per heavy atom. The van der Waals surface area contributed by atoms with Crippen LogP contribution in [0.3, 0.4) is 0 Å². The minimum atomic E-state index is -5.18. The molecule has 2 amide bonds. The maximum Gasteiger partial charge on any atom is 0.430 e. The third-order valence-corrected chi connectivity index (χ3v) is 8.70. The predicted octanol–water partition coefficient (Wildman–Crippen LogP) is 5.47. The molecule has 5 rings (SSSR count).